The van der Waals surface area contributed by atoms with Crippen molar-refractivity contribution in [3.8, 4) is 0 Å². The van der Waals surface area contributed by atoms with Crippen LogP contribution in [0.15, 0.2) is 24.5 Å². The van der Waals surface area contributed by atoms with Crippen LogP contribution >= 0.6 is 0 Å². The number of hydrogen-bond acceptors (Lipinski definition) is 2. The highest BCUT2D eigenvalue weighted by Gasteiger charge is 2.24. The summed E-state index contributed by atoms with van der Waals surface area (Å²) >= 11 is 0. The van der Waals surface area contributed by atoms with E-state index in [2.05, 4.69) is 5.43 Å². The largest absolute Gasteiger partial charge is 0.379 e. The molecule has 78 valence electrons. The molecule has 0 spiro atoms. The molecule has 1 fully saturated rings. The Morgan fingerprint density at radius 3 is 2.64 bits per heavy atom. The molecule has 1 heterocycles. The normalized spacial score (nSPS) is 27.5. The van der Waals surface area contributed by atoms with Gasteiger partial charge in [-0.15, -0.1) is 0 Å². The average Bonchev–Trinajstić information content (AvgIpc) is 2.71. The molecule has 0 bridgehead atoms. The first kappa shape index (κ1) is 9.59. The Kier molecular flexibility index (Phi) is 3.09. The molecule has 3 nitrogen and oxygen atoms in total. The number of nitrogens with zero attached hydrogens (tertiary/aromatic N) is 1. The fraction of sp³-hybridized carbons (Fsp3) is 0.636. The molecule has 0 radical (unpaired) electrons. The first-order valence-corrected chi connectivity index (χ1v) is 5.32. The van der Waals surface area contributed by atoms with Crippen molar-refractivity contribution >= 4 is 0 Å². The number of hydrogen-bond donors (Lipinski definition) is 1. The molecule has 3 heteroatoms. The van der Waals surface area contributed by atoms with Crippen LogP contribution in [0.1, 0.15) is 25.7 Å². The minimum absolute atomic E-state index is 0.367. The summed E-state index contributed by atoms with van der Waals surface area (Å²) in [6, 6.07) is 4.51. The Labute approximate surface area is 85.0 Å². The molecular weight excluding hydrogens is 176 g/mol. The fourth-order valence-corrected chi connectivity index (χ4v) is 2.14. The predicted molar refractivity (Wildman–Crippen MR) is 56.8 cm³/mol. The highest BCUT2D eigenvalue weighted by molar-refractivity contribution is 4.98. The average molecular weight is 194 g/mol. The van der Waals surface area contributed by atoms with Crippen LogP contribution in [0.4, 0.5) is 0 Å². The molecule has 1 aliphatic carbocycles. The second-order valence-electron chi connectivity index (χ2n) is 3.88. The monoisotopic (exact) mass is 194 g/mol. The molecule has 0 aliphatic heterocycles. The Morgan fingerprint density at radius 2 is 1.93 bits per heavy atom. The van der Waals surface area contributed by atoms with Crippen LogP contribution in [0.25, 0.3) is 0 Å². The molecule has 1 aliphatic rings. The summed E-state index contributed by atoms with van der Waals surface area (Å²) < 4.78 is 7.49. The number of ether oxygens (including phenoxy) is 1. The summed E-state index contributed by atoms with van der Waals surface area (Å²) in [5.41, 5.74) is 3.45. The van der Waals surface area contributed by atoms with E-state index in [1.807, 2.05) is 29.2 Å². The lowest BCUT2D eigenvalue weighted by atomic mass is 9.93. The van der Waals surface area contributed by atoms with Crippen LogP contribution in [0, 0.1) is 0 Å². The molecule has 14 heavy (non-hydrogen) atoms. The minimum atomic E-state index is 0.367. The third-order valence-electron chi connectivity index (χ3n) is 2.92. The summed E-state index contributed by atoms with van der Waals surface area (Å²) in [5.74, 6) is 0. The molecule has 1 aromatic heterocycles. The molecule has 0 saturated heterocycles. The van der Waals surface area contributed by atoms with Gasteiger partial charge in [0.15, 0.2) is 0 Å². The Hall–Kier alpha value is -0.960. The molecule has 1 saturated carbocycles. The lowest BCUT2D eigenvalue weighted by molar-refractivity contribution is 0.0570. The van der Waals surface area contributed by atoms with Crippen molar-refractivity contribution < 1.29 is 4.74 Å². The van der Waals surface area contributed by atoms with Gasteiger partial charge in [-0.3, -0.25) is 4.68 Å². The van der Waals surface area contributed by atoms with Gasteiger partial charge in [0.1, 0.15) is 0 Å². The van der Waals surface area contributed by atoms with Gasteiger partial charge in [-0.2, -0.15) is 0 Å². The van der Waals surface area contributed by atoms with Crippen molar-refractivity contribution in [1.29, 1.82) is 0 Å². The van der Waals surface area contributed by atoms with E-state index in [1.165, 1.54) is 25.7 Å². The summed E-state index contributed by atoms with van der Waals surface area (Å²) in [5, 5.41) is 0. The van der Waals surface area contributed by atoms with Crippen LogP contribution in [0.2, 0.25) is 0 Å². The van der Waals surface area contributed by atoms with Crippen LogP contribution in [0.3, 0.4) is 0 Å². The number of methoxy groups -OCH3 is 1. The van der Waals surface area contributed by atoms with E-state index in [0.717, 1.165) is 0 Å². The highest BCUT2D eigenvalue weighted by atomic mass is 16.5. The van der Waals surface area contributed by atoms with E-state index >= 15 is 0 Å². The van der Waals surface area contributed by atoms with Crippen LogP contribution in [-0.2, 0) is 4.74 Å². The molecule has 2 atom stereocenters. The predicted octanol–water partition coefficient (Wildman–Crippen LogP) is 1.99. The van der Waals surface area contributed by atoms with E-state index in [4.69, 9.17) is 4.74 Å². The van der Waals surface area contributed by atoms with Gasteiger partial charge in [-0.1, -0.05) is 12.8 Å². The van der Waals surface area contributed by atoms with Crippen LogP contribution in [0.5, 0.6) is 0 Å². The lowest BCUT2D eigenvalue weighted by Crippen LogP contribution is -2.41. The molecule has 0 amide bonds. The SMILES string of the molecule is COC1CCCCC1Nn1cccc1. The van der Waals surface area contributed by atoms with Crippen LogP contribution in [-0.4, -0.2) is 23.9 Å². The van der Waals surface area contributed by atoms with Gasteiger partial charge in [0.2, 0.25) is 0 Å². The van der Waals surface area contributed by atoms with E-state index < -0.39 is 0 Å². The second-order valence-corrected chi connectivity index (χ2v) is 3.88. The van der Waals surface area contributed by atoms with E-state index in [0.29, 0.717) is 12.1 Å². The van der Waals surface area contributed by atoms with E-state index in [-0.39, 0.29) is 0 Å². The maximum Gasteiger partial charge on any atom is 0.0787 e. The summed E-state index contributed by atoms with van der Waals surface area (Å²) in [7, 11) is 1.81. The Bertz CT molecular complexity index is 258. The van der Waals surface area contributed by atoms with Crippen molar-refractivity contribution in [1.82, 2.24) is 4.68 Å². The van der Waals surface area contributed by atoms with E-state index in [9.17, 15) is 0 Å². The van der Waals surface area contributed by atoms with Crippen molar-refractivity contribution in [2.24, 2.45) is 0 Å². The molecule has 2 unspecified atom stereocenters. The van der Waals surface area contributed by atoms with Gasteiger partial charge < -0.3 is 10.2 Å². The van der Waals surface area contributed by atoms with Gasteiger partial charge >= 0.3 is 0 Å². The summed E-state index contributed by atoms with van der Waals surface area (Å²) in [6.07, 6.45) is 9.40. The summed E-state index contributed by atoms with van der Waals surface area (Å²) in [6.45, 7) is 0. The highest BCUT2D eigenvalue weighted by Crippen LogP contribution is 2.21. The number of aromatic nitrogens is 1. The van der Waals surface area contributed by atoms with Crippen molar-refractivity contribution in [3.05, 3.63) is 24.5 Å². The molecule has 2 rings (SSSR count). The number of nitrogens with one attached hydrogen (secondary N) is 1. The zero-order valence-electron chi connectivity index (χ0n) is 8.65. The third kappa shape index (κ3) is 2.10. The zero-order valence-corrected chi connectivity index (χ0v) is 8.65. The minimum Gasteiger partial charge on any atom is -0.379 e. The Balaban J connectivity index is 1.94. The maximum atomic E-state index is 5.48. The van der Waals surface area contributed by atoms with Crippen molar-refractivity contribution in [2.45, 2.75) is 37.8 Å². The Morgan fingerprint density at radius 1 is 1.21 bits per heavy atom. The quantitative estimate of drug-likeness (QED) is 0.796. The van der Waals surface area contributed by atoms with Gasteiger partial charge in [0, 0.05) is 19.5 Å². The van der Waals surface area contributed by atoms with E-state index in [1.54, 1.807) is 7.11 Å². The second kappa shape index (κ2) is 4.51. The maximum absolute atomic E-state index is 5.48. The number of rotatable bonds is 3. The molecular formula is C11H18N2O. The molecule has 0 aromatic carbocycles. The third-order valence-corrected chi connectivity index (χ3v) is 2.92. The van der Waals surface area contributed by atoms with Crippen molar-refractivity contribution in [3.63, 3.8) is 0 Å². The van der Waals surface area contributed by atoms with Gasteiger partial charge in [0.25, 0.3) is 0 Å². The molecule has 1 N–H and O–H groups in total. The fourth-order valence-electron chi connectivity index (χ4n) is 2.14. The van der Waals surface area contributed by atoms with Crippen molar-refractivity contribution in [2.75, 3.05) is 12.5 Å². The first-order valence-electron chi connectivity index (χ1n) is 5.32. The lowest BCUT2D eigenvalue weighted by Gasteiger charge is -2.31. The van der Waals surface area contributed by atoms with Crippen LogP contribution < -0.4 is 5.43 Å². The standard InChI is InChI=1S/C11H18N2O/c1-14-11-7-3-2-6-10(11)12-13-8-4-5-9-13/h4-5,8-12H,2-3,6-7H2,1H3. The zero-order chi connectivity index (χ0) is 9.80. The topological polar surface area (TPSA) is 26.2 Å². The molecule has 1 aromatic rings. The van der Waals surface area contributed by atoms with Gasteiger partial charge in [-0.25, -0.2) is 0 Å². The van der Waals surface area contributed by atoms with Gasteiger partial charge in [0.05, 0.1) is 12.1 Å². The first-order chi connectivity index (χ1) is 6.90. The van der Waals surface area contributed by atoms with Gasteiger partial charge in [-0.05, 0) is 25.0 Å². The summed E-state index contributed by atoms with van der Waals surface area (Å²) in [4.78, 5) is 0. The smallest absolute Gasteiger partial charge is 0.0787 e.